The van der Waals surface area contributed by atoms with Gasteiger partial charge in [-0.1, -0.05) is 41.9 Å². The van der Waals surface area contributed by atoms with Gasteiger partial charge in [-0.15, -0.1) is 0 Å². The van der Waals surface area contributed by atoms with E-state index in [9.17, 15) is 14.4 Å². The molecule has 3 aromatic rings. The number of rotatable bonds is 3. The summed E-state index contributed by atoms with van der Waals surface area (Å²) in [6, 6.07) is 13.2. The van der Waals surface area contributed by atoms with Crippen molar-refractivity contribution in [2.75, 3.05) is 6.54 Å². The van der Waals surface area contributed by atoms with E-state index in [1.54, 1.807) is 24.3 Å². The van der Waals surface area contributed by atoms with E-state index in [1.807, 2.05) is 45.0 Å². The summed E-state index contributed by atoms with van der Waals surface area (Å²) in [6.45, 7) is 5.40. The van der Waals surface area contributed by atoms with E-state index in [4.69, 9.17) is 11.6 Å². The first kappa shape index (κ1) is 21.8. The van der Waals surface area contributed by atoms with E-state index in [0.717, 1.165) is 5.39 Å². The number of halogens is 2. The van der Waals surface area contributed by atoms with Crippen molar-refractivity contribution in [2.24, 2.45) is 0 Å². The molecule has 0 bridgehead atoms. The van der Waals surface area contributed by atoms with Crippen molar-refractivity contribution in [3.05, 3.63) is 68.4 Å². The smallest absolute Gasteiger partial charge is 0.273 e. The van der Waals surface area contributed by atoms with Gasteiger partial charge < -0.3 is 10.2 Å². The molecular weight excluding hydrogens is 529 g/mol. The summed E-state index contributed by atoms with van der Waals surface area (Å²) in [5.41, 5.74) is 1.07. The van der Waals surface area contributed by atoms with Crippen LogP contribution in [0.2, 0.25) is 5.02 Å². The second kappa shape index (κ2) is 7.94. The number of hydrogen-bond acceptors (Lipinski definition) is 3. The summed E-state index contributed by atoms with van der Waals surface area (Å²) in [4.78, 5) is 41.5. The fourth-order valence-corrected chi connectivity index (χ4v) is 4.89. The van der Waals surface area contributed by atoms with Gasteiger partial charge >= 0.3 is 0 Å². The molecule has 2 aromatic carbocycles. The SMILES string of the molecule is CC(C)(C)NC(=O)C(c1ccc(Cl)cc1)N1CC(=O)n2c(c(I)c3ccccc32)C1=O. The molecule has 1 N–H and O–H groups in total. The number of benzene rings is 2. The molecular formula is C23H21ClIN3O3. The minimum absolute atomic E-state index is 0.203. The van der Waals surface area contributed by atoms with Gasteiger partial charge in [0.2, 0.25) is 5.91 Å². The van der Waals surface area contributed by atoms with Gasteiger partial charge in [0.1, 0.15) is 18.3 Å². The van der Waals surface area contributed by atoms with Gasteiger partial charge in [0.05, 0.1) is 9.09 Å². The second-order valence-electron chi connectivity index (χ2n) is 8.54. The van der Waals surface area contributed by atoms with Crippen LogP contribution in [0.1, 0.15) is 47.7 Å². The molecule has 6 nitrogen and oxygen atoms in total. The number of fused-ring (bicyclic) bond motifs is 3. The first-order valence-corrected chi connectivity index (χ1v) is 11.2. The highest BCUT2D eigenvalue weighted by Gasteiger charge is 2.41. The van der Waals surface area contributed by atoms with Gasteiger partial charge in [-0.3, -0.25) is 19.0 Å². The summed E-state index contributed by atoms with van der Waals surface area (Å²) in [7, 11) is 0. The van der Waals surface area contributed by atoms with Gasteiger partial charge in [-0.2, -0.15) is 0 Å². The Bertz CT molecular complexity index is 1210. The molecule has 160 valence electrons. The summed E-state index contributed by atoms with van der Waals surface area (Å²) in [5, 5.41) is 4.30. The molecule has 0 spiro atoms. The highest BCUT2D eigenvalue weighted by molar-refractivity contribution is 14.1. The molecule has 0 radical (unpaired) electrons. The van der Waals surface area contributed by atoms with Crippen LogP contribution in [0.25, 0.3) is 10.9 Å². The van der Waals surface area contributed by atoms with Crippen molar-refractivity contribution < 1.29 is 14.4 Å². The van der Waals surface area contributed by atoms with Gasteiger partial charge in [-0.05, 0) is 67.1 Å². The van der Waals surface area contributed by atoms with Crippen LogP contribution in [0.15, 0.2) is 48.5 Å². The lowest BCUT2D eigenvalue weighted by atomic mass is 10.0. The molecule has 1 unspecified atom stereocenters. The maximum atomic E-state index is 13.6. The largest absolute Gasteiger partial charge is 0.349 e. The van der Waals surface area contributed by atoms with E-state index in [1.165, 1.54) is 9.47 Å². The third-order valence-electron chi connectivity index (χ3n) is 5.08. The number of aromatic nitrogens is 1. The predicted molar refractivity (Wildman–Crippen MR) is 128 cm³/mol. The van der Waals surface area contributed by atoms with E-state index < -0.39 is 11.6 Å². The van der Waals surface area contributed by atoms with Crippen LogP contribution in [0.4, 0.5) is 0 Å². The number of nitrogens with zero attached hydrogens (tertiary/aromatic N) is 2. The maximum absolute atomic E-state index is 13.6. The third-order valence-corrected chi connectivity index (χ3v) is 6.42. The zero-order valence-corrected chi connectivity index (χ0v) is 20.2. The van der Waals surface area contributed by atoms with Gasteiger partial charge in [0.25, 0.3) is 11.8 Å². The number of carbonyl (C=O) groups is 3. The molecule has 0 saturated carbocycles. The maximum Gasteiger partial charge on any atom is 0.273 e. The molecule has 2 heterocycles. The Balaban J connectivity index is 1.85. The van der Waals surface area contributed by atoms with Crippen molar-refractivity contribution in [1.29, 1.82) is 0 Å². The van der Waals surface area contributed by atoms with Crippen molar-refractivity contribution >= 4 is 62.8 Å². The van der Waals surface area contributed by atoms with Crippen LogP contribution in [0.3, 0.4) is 0 Å². The molecule has 8 heteroatoms. The van der Waals surface area contributed by atoms with Crippen LogP contribution in [-0.2, 0) is 4.79 Å². The highest BCUT2D eigenvalue weighted by Crippen LogP contribution is 2.34. The van der Waals surface area contributed by atoms with Gasteiger partial charge in [0.15, 0.2) is 0 Å². The Hall–Kier alpha value is -2.39. The molecule has 0 aliphatic carbocycles. The Kier molecular flexibility index (Phi) is 5.59. The molecule has 0 saturated heterocycles. The Morgan fingerprint density at radius 1 is 1.10 bits per heavy atom. The van der Waals surface area contributed by atoms with Crippen molar-refractivity contribution in [3.8, 4) is 0 Å². The molecule has 1 aromatic heterocycles. The minimum Gasteiger partial charge on any atom is -0.349 e. The van der Waals surface area contributed by atoms with Gasteiger partial charge in [0, 0.05) is 15.9 Å². The summed E-state index contributed by atoms with van der Waals surface area (Å²) < 4.78 is 2.17. The molecule has 31 heavy (non-hydrogen) atoms. The topological polar surface area (TPSA) is 71.4 Å². The Labute approximate surface area is 198 Å². The second-order valence-corrected chi connectivity index (χ2v) is 10.1. The number of nitrogens with one attached hydrogen (secondary N) is 1. The molecule has 1 aliphatic heterocycles. The van der Waals surface area contributed by atoms with Crippen LogP contribution >= 0.6 is 34.2 Å². The zero-order chi connectivity index (χ0) is 22.5. The van der Waals surface area contributed by atoms with Crippen molar-refractivity contribution in [2.45, 2.75) is 32.4 Å². The molecule has 1 aliphatic rings. The molecule has 0 fully saturated rings. The number of para-hydroxylation sites is 1. The first-order valence-electron chi connectivity index (χ1n) is 9.79. The van der Waals surface area contributed by atoms with Crippen LogP contribution < -0.4 is 5.32 Å². The minimum atomic E-state index is -0.962. The average Bonchev–Trinajstić information content (AvgIpc) is 3.00. The van der Waals surface area contributed by atoms with E-state index in [0.29, 0.717) is 25.4 Å². The first-order chi connectivity index (χ1) is 14.6. The summed E-state index contributed by atoms with van der Waals surface area (Å²) in [5.74, 6) is -0.962. The fourth-order valence-electron chi connectivity index (χ4n) is 3.84. The normalized spacial score (nSPS) is 15.2. The quantitative estimate of drug-likeness (QED) is 0.484. The lowest BCUT2D eigenvalue weighted by molar-refractivity contribution is -0.127. The standard InChI is InChI=1S/C23H21ClIN3O3/c1-23(2,3)26-21(30)19(13-8-10-14(24)11-9-13)27-12-17(29)28-16-7-5-4-6-15(16)18(25)20(28)22(27)31/h4-11,19H,12H2,1-3H3,(H,26,30). The van der Waals surface area contributed by atoms with Crippen LogP contribution in [-0.4, -0.2) is 39.3 Å². The summed E-state index contributed by atoms with van der Waals surface area (Å²) >= 11 is 8.13. The van der Waals surface area contributed by atoms with Crippen molar-refractivity contribution in [1.82, 2.24) is 14.8 Å². The lowest BCUT2D eigenvalue weighted by Gasteiger charge is -2.35. The van der Waals surface area contributed by atoms with Crippen molar-refractivity contribution in [3.63, 3.8) is 0 Å². The molecule has 4 rings (SSSR count). The monoisotopic (exact) mass is 549 g/mol. The highest BCUT2D eigenvalue weighted by atomic mass is 127. The Morgan fingerprint density at radius 2 is 1.74 bits per heavy atom. The predicted octanol–water partition coefficient (Wildman–Crippen LogP) is 4.65. The van der Waals surface area contributed by atoms with E-state index in [2.05, 4.69) is 27.9 Å². The number of hydrogen-bond donors (Lipinski definition) is 1. The zero-order valence-electron chi connectivity index (χ0n) is 17.3. The fraction of sp³-hybridized carbons (Fsp3) is 0.261. The van der Waals surface area contributed by atoms with Gasteiger partial charge in [-0.25, -0.2) is 0 Å². The number of amides is 2. The number of carbonyl (C=O) groups excluding carboxylic acids is 3. The van der Waals surface area contributed by atoms with Crippen LogP contribution in [0, 0.1) is 3.57 Å². The molecule has 1 atom stereocenters. The Morgan fingerprint density at radius 3 is 2.39 bits per heavy atom. The lowest BCUT2D eigenvalue weighted by Crippen LogP contribution is -2.53. The van der Waals surface area contributed by atoms with E-state index >= 15 is 0 Å². The summed E-state index contributed by atoms with van der Waals surface area (Å²) in [6.07, 6.45) is 0. The van der Waals surface area contributed by atoms with E-state index in [-0.39, 0.29) is 24.3 Å². The van der Waals surface area contributed by atoms with Crippen LogP contribution in [0.5, 0.6) is 0 Å². The average molecular weight is 550 g/mol. The molecule has 2 amide bonds. The third kappa shape index (κ3) is 3.96.